The summed E-state index contributed by atoms with van der Waals surface area (Å²) in [7, 11) is 1.51. The Hall–Kier alpha value is -3.63. The third-order valence-corrected chi connectivity index (χ3v) is 6.87. The fraction of sp³-hybridized carbons (Fsp3) is 0.120. The molecule has 8 nitrogen and oxygen atoms in total. The van der Waals surface area contributed by atoms with Crippen molar-refractivity contribution >= 4 is 50.6 Å². The summed E-state index contributed by atoms with van der Waals surface area (Å²) in [5.74, 6) is 0.568. The average Bonchev–Trinajstić information content (AvgIpc) is 3.11. The number of benzene rings is 3. The highest BCUT2D eigenvalue weighted by Gasteiger charge is 2.35. The third kappa shape index (κ3) is 5.72. The van der Waals surface area contributed by atoms with Gasteiger partial charge in [-0.25, -0.2) is 0 Å². The van der Waals surface area contributed by atoms with Gasteiger partial charge in [0.25, 0.3) is 16.8 Å². The average molecular weight is 555 g/mol. The molecule has 2 amide bonds. The lowest BCUT2D eigenvalue weighted by Crippen LogP contribution is -2.27. The van der Waals surface area contributed by atoms with Gasteiger partial charge in [-0.2, -0.15) is 0 Å². The number of nitro benzene ring substituents is 1. The van der Waals surface area contributed by atoms with Gasteiger partial charge in [0.15, 0.2) is 11.5 Å². The molecule has 0 spiro atoms. The van der Waals surface area contributed by atoms with E-state index in [1.54, 1.807) is 36.4 Å². The second-order valence-corrected chi connectivity index (χ2v) is 9.33. The van der Waals surface area contributed by atoms with Crippen LogP contribution in [0.4, 0.5) is 10.5 Å². The SMILES string of the molecule is COc1ccc(/C=C2\SC(=O)N(Cc3ccccc3Br)C2=O)cc1OCc1ccc([N+](=O)[O-])cc1. The highest BCUT2D eigenvalue weighted by molar-refractivity contribution is 9.10. The van der Waals surface area contributed by atoms with Crippen LogP contribution in [0, 0.1) is 10.1 Å². The molecule has 0 radical (unpaired) electrons. The van der Waals surface area contributed by atoms with E-state index in [4.69, 9.17) is 9.47 Å². The number of carbonyl (C=O) groups excluding carboxylic acids is 2. The molecule has 0 atom stereocenters. The van der Waals surface area contributed by atoms with Crippen molar-refractivity contribution in [2.75, 3.05) is 7.11 Å². The van der Waals surface area contributed by atoms with E-state index in [-0.39, 0.29) is 30.0 Å². The van der Waals surface area contributed by atoms with Gasteiger partial charge in [-0.15, -0.1) is 0 Å². The van der Waals surface area contributed by atoms with E-state index in [9.17, 15) is 19.7 Å². The lowest BCUT2D eigenvalue weighted by Gasteiger charge is -2.13. The molecule has 0 bridgehead atoms. The van der Waals surface area contributed by atoms with E-state index >= 15 is 0 Å². The van der Waals surface area contributed by atoms with Crippen LogP contribution in [-0.4, -0.2) is 28.1 Å². The summed E-state index contributed by atoms with van der Waals surface area (Å²) in [5, 5.41) is 10.5. The molecule has 0 aliphatic carbocycles. The van der Waals surface area contributed by atoms with Crippen LogP contribution in [0.1, 0.15) is 16.7 Å². The van der Waals surface area contributed by atoms with Crippen molar-refractivity contribution in [1.29, 1.82) is 0 Å². The Morgan fingerprint density at radius 1 is 1.06 bits per heavy atom. The Balaban J connectivity index is 1.51. The monoisotopic (exact) mass is 554 g/mol. The molecule has 3 aromatic rings. The number of hydrogen-bond acceptors (Lipinski definition) is 7. The molecule has 0 unspecified atom stereocenters. The second-order valence-electron chi connectivity index (χ2n) is 7.48. The molecule has 178 valence electrons. The maximum absolute atomic E-state index is 12.9. The molecular formula is C25H19BrN2O6S. The number of imide groups is 1. The number of hydrogen-bond donors (Lipinski definition) is 0. The molecular weight excluding hydrogens is 536 g/mol. The van der Waals surface area contributed by atoms with Crippen molar-refractivity contribution in [1.82, 2.24) is 4.90 Å². The molecule has 10 heteroatoms. The largest absolute Gasteiger partial charge is 0.493 e. The first-order valence-electron chi connectivity index (χ1n) is 10.4. The normalized spacial score (nSPS) is 14.5. The maximum atomic E-state index is 12.9. The van der Waals surface area contributed by atoms with Crippen molar-refractivity contribution in [2.24, 2.45) is 0 Å². The number of nitro groups is 1. The van der Waals surface area contributed by atoms with Gasteiger partial charge in [0.2, 0.25) is 0 Å². The Kier molecular flexibility index (Phi) is 7.52. The van der Waals surface area contributed by atoms with Crippen molar-refractivity contribution in [3.63, 3.8) is 0 Å². The molecule has 35 heavy (non-hydrogen) atoms. The van der Waals surface area contributed by atoms with Crippen LogP contribution in [0.5, 0.6) is 11.5 Å². The Morgan fingerprint density at radius 2 is 1.80 bits per heavy atom. The zero-order chi connectivity index (χ0) is 24.9. The third-order valence-electron chi connectivity index (χ3n) is 5.19. The summed E-state index contributed by atoms with van der Waals surface area (Å²) in [6, 6.07) is 18.7. The van der Waals surface area contributed by atoms with Gasteiger partial charge in [0.05, 0.1) is 23.5 Å². The van der Waals surface area contributed by atoms with Gasteiger partial charge in [0.1, 0.15) is 6.61 Å². The number of carbonyl (C=O) groups is 2. The molecule has 0 N–H and O–H groups in total. The van der Waals surface area contributed by atoms with Crippen molar-refractivity contribution in [2.45, 2.75) is 13.2 Å². The molecule has 0 aromatic heterocycles. The maximum Gasteiger partial charge on any atom is 0.293 e. The predicted octanol–water partition coefficient (Wildman–Crippen LogP) is 6.18. The minimum atomic E-state index is -0.461. The van der Waals surface area contributed by atoms with Crippen molar-refractivity contribution in [3.8, 4) is 11.5 Å². The molecule has 4 rings (SSSR count). The first kappa shape index (κ1) is 24.5. The van der Waals surface area contributed by atoms with Crippen molar-refractivity contribution in [3.05, 3.63) is 103 Å². The Bertz CT molecular complexity index is 1330. The van der Waals surface area contributed by atoms with E-state index in [1.165, 1.54) is 24.1 Å². The summed E-state index contributed by atoms with van der Waals surface area (Å²) >= 11 is 4.34. The number of thioether (sulfide) groups is 1. The quantitative estimate of drug-likeness (QED) is 0.186. The standard InChI is InChI=1S/C25H19BrN2O6S/c1-33-21-11-8-17(12-22(21)34-15-16-6-9-19(10-7-16)28(31)32)13-23-24(29)27(25(30)35-23)14-18-4-2-3-5-20(18)26/h2-13H,14-15H2,1H3/b23-13-. The van der Waals surface area contributed by atoms with Crippen molar-refractivity contribution < 1.29 is 24.0 Å². The molecule has 1 saturated heterocycles. The number of ether oxygens (including phenoxy) is 2. The minimum Gasteiger partial charge on any atom is -0.493 e. The van der Waals surface area contributed by atoms with Crippen LogP contribution in [0.25, 0.3) is 6.08 Å². The van der Waals surface area contributed by atoms with Gasteiger partial charge in [-0.1, -0.05) is 40.2 Å². The predicted molar refractivity (Wildman–Crippen MR) is 136 cm³/mol. The van der Waals surface area contributed by atoms with Gasteiger partial charge >= 0.3 is 0 Å². The molecule has 1 heterocycles. The van der Waals surface area contributed by atoms with Crippen LogP contribution >= 0.6 is 27.7 Å². The van der Waals surface area contributed by atoms with Gasteiger partial charge in [-0.3, -0.25) is 24.6 Å². The highest BCUT2D eigenvalue weighted by atomic mass is 79.9. The fourth-order valence-electron chi connectivity index (χ4n) is 3.36. The van der Waals surface area contributed by atoms with Crippen LogP contribution < -0.4 is 9.47 Å². The molecule has 1 fully saturated rings. The van der Waals surface area contributed by atoms with E-state index in [1.807, 2.05) is 24.3 Å². The first-order valence-corrected chi connectivity index (χ1v) is 12.0. The van der Waals surface area contributed by atoms with Crippen LogP contribution in [0.2, 0.25) is 0 Å². The summed E-state index contributed by atoms with van der Waals surface area (Å²) in [5.41, 5.74) is 2.25. The lowest BCUT2D eigenvalue weighted by molar-refractivity contribution is -0.384. The summed E-state index contributed by atoms with van der Waals surface area (Å²) in [6.07, 6.45) is 1.64. The second kappa shape index (κ2) is 10.7. The topological polar surface area (TPSA) is 99.0 Å². The Labute approximate surface area is 213 Å². The van der Waals surface area contributed by atoms with E-state index in [0.717, 1.165) is 27.4 Å². The highest BCUT2D eigenvalue weighted by Crippen LogP contribution is 2.36. The number of nitrogens with zero attached hydrogens (tertiary/aromatic N) is 2. The smallest absolute Gasteiger partial charge is 0.293 e. The number of amides is 2. The zero-order valence-electron chi connectivity index (χ0n) is 18.5. The van der Waals surface area contributed by atoms with Gasteiger partial charge in [-0.05, 0) is 64.9 Å². The fourth-order valence-corrected chi connectivity index (χ4v) is 4.60. The summed E-state index contributed by atoms with van der Waals surface area (Å²) in [6.45, 7) is 0.343. The summed E-state index contributed by atoms with van der Waals surface area (Å²) < 4.78 is 12.1. The molecule has 3 aromatic carbocycles. The lowest BCUT2D eigenvalue weighted by atomic mass is 10.1. The van der Waals surface area contributed by atoms with E-state index < -0.39 is 4.92 Å². The summed E-state index contributed by atoms with van der Waals surface area (Å²) in [4.78, 5) is 37.3. The van der Waals surface area contributed by atoms with E-state index in [0.29, 0.717) is 22.0 Å². The molecule has 0 saturated carbocycles. The zero-order valence-corrected chi connectivity index (χ0v) is 20.9. The van der Waals surface area contributed by atoms with Gasteiger partial charge < -0.3 is 9.47 Å². The van der Waals surface area contributed by atoms with Crippen LogP contribution in [0.15, 0.2) is 76.1 Å². The first-order chi connectivity index (χ1) is 16.9. The molecule has 1 aliphatic rings. The van der Waals surface area contributed by atoms with Crippen LogP contribution in [-0.2, 0) is 17.9 Å². The molecule has 1 aliphatic heterocycles. The van der Waals surface area contributed by atoms with E-state index in [2.05, 4.69) is 15.9 Å². The Morgan fingerprint density at radius 3 is 2.49 bits per heavy atom. The number of methoxy groups -OCH3 is 1. The minimum absolute atomic E-state index is 0.00176. The number of rotatable bonds is 8. The number of halogens is 1. The van der Waals surface area contributed by atoms with Crippen LogP contribution in [0.3, 0.4) is 0 Å². The van der Waals surface area contributed by atoms with Gasteiger partial charge in [0, 0.05) is 16.6 Å². The number of non-ortho nitro benzene ring substituents is 1.